The van der Waals surface area contributed by atoms with E-state index in [1.807, 2.05) is 0 Å². The van der Waals surface area contributed by atoms with E-state index >= 15 is 0 Å². The van der Waals surface area contributed by atoms with Gasteiger partial charge in [-0.15, -0.1) is 0 Å². The largest absolute Gasteiger partial charge is 0.497 e. The fourth-order valence-corrected chi connectivity index (χ4v) is 5.55. The second-order valence-corrected chi connectivity index (χ2v) is 10.0. The van der Waals surface area contributed by atoms with E-state index in [-0.39, 0.29) is 17.1 Å². The van der Waals surface area contributed by atoms with Gasteiger partial charge in [-0.05, 0) is 66.7 Å². The van der Waals surface area contributed by atoms with E-state index < -0.39 is 38.7 Å². The maximum Gasteiger partial charge on any atom is 0.411 e. The van der Waals surface area contributed by atoms with Crippen LogP contribution in [-0.4, -0.2) is 28.2 Å². The lowest BCUT2D eigenvalue weighted by atomic mass is 10.0. The number of hydrogen-bond acceptors (Lipinski definition) is 5. The number of nitrogens with one attached hydrogen (secondary N) is 1. The zero-order chi connectivity index (χ0) is 24.9. The molecule has 0 aromatic heterocycles. The van der Waals surface area contributed by atoms with Crippen molar-refractivity contribution in [3.8, 4) is 5.75 Å². The molecular formula is C24H22ClF2NO5S. The third-order valence-corrected chi connectivity index (χ3v) is 7.64. The van der Waals surface area contributed by atoms with Gasteiger partial charge < -0.3 is 9.47 Å². The SMILES string of the molecule is COc1ccc(NC(=O)OCC(C)C(c2cc(F)ccc2F)S(=O)(=O)c2ccc(Cl)cc2)cc1. The Morgan fingerprint density at radius 1 is 1.03 bits per heavy atom. The molecule has 0 aliphatic rings. The molecule has 0 aliphatic heterocycles. The van der Waals surface area contributed by atoms with Crippen LogP contribution in [0.5, 0.6) is 5.75 Å². The highest BCUT2D eigenvalue weighted by Crippen LogP contribution is 2.37. The lowest BCUT2D eigenvalue weighted by molar-refractivity contribution is 0.142. The minimum Gasteiger partial charge on any atom is -0.497 e. The molecule has 6 nitrogen and oxygen atoms in total. The molecule has 2 unspecified atom stereocenters. The number of hydrogen-bond donors (Lipinski definition) is 1. The highest BCUT2D eigenvalue weighted by molar-refractivity contribution is 7.91. The standard InChI is InChI=1S/C24H22ClF2NO5S/c1-15(14-33-24(29)28-18-6-8-19(32-2)9-7-18)23(21-13-17(26)5-12-22(21)27)34(30,31)20-10-3-16(25)4-11-20/h3-13,15,23H,14H2,1-2H3,(H,28,29). The molecule has 0 aliphatic carbocycles. The molecule has 180 valence electrons. The van der Waals surface area contributed by atoms with Gasteiger partial charge in [0.25, 0.3) is 0 Å². The molecule has 3 aromatic rings. The zero-order valence-corrected chi connectivity index (χ0v) is 19.9. The summed E-state index contributed by atoms with van der Waals surface area (Å²) in [5, 5.41) is 1.30. The summed E-state index contributed by atoms with van der Waals surface area (Å²) in [5.74, 6) is -2.02. The smallest absolute Gasteiger partial charge is 0.411 e. The van der Waals surface area contributed by atoms with Crippen LogP contribution in [0.2, 0.25) is 5.02 Å². The Morgan fingerprint density at radius 2 is 1.68 bits per heavy atom. The molecule has 3 rings (SSSR count). The van der Waals surface area contributed by atoms with Crippen LogP contribution in [0.25, 0.3) is 0 Å². The maximum atomic E-state index is 14.7. The Balaban J connectivity index is 1.84. The number of benzene rings is 3. The summed E-state index contributed by atoms with van der Waals surface area (Å²) in [6.07, 6.45) is -0.834. The minimum absolute atomic E-state index is 0.125. The summed E-state index contributed by atoms with van der Waals surface area (Å²) in [4.78, 5) is 12.1. The van der Waals surface area contributed by atoms with Crippen molar-refractivity contribution >= 4 is 33.2 Å². The quantitative estimate of drug-likeness (QED) is 0.401. The normalized spacial score (nSPS) is 13.1. The molecule has 0 radical (unpaired) electrons. The number of anilines is 1. The van der Waals surface area contributed by atoms with Gasteiger partial charge in [0, 0.05) is 22.2 Å². The molecule has 2 atom stereocenters. The van der Waals surface area contributed by atoms with Gasteiger partial charge in [-0.3, -0.25) is 5.32 Å². The molecule has 0 bridgehead atoms. The van der Waals surface area contributed by atoms with Crippen LogP contribution in [0.4, 0.5) is 19.3 Å². The van der Waals surface area contributed by atoms with Gasteiger partial charge in [-0.25, -0.2) is 22.0 Å². The van der Waals surface area contributed by atoms with Crippen LogP contribution < -0.4 is 10.1 Å². The van der Waals surface area contributed by atoms with Gasteiger partial charge in [0.15, 0.2) is 9.84 Å². The predicted octanol–water partition coefficient (Wildman–Crippen LogP) is 6.03. The summed E-state index contributed by atoms with van der Waals surface area (Å²) < 4.78 is 65.7. The first-order valence-electron chi connectivity index (χ1n) is 10.1. The molecule has 1 amide bonds. The second kappa shape index (κ2) is 10.8. The van der Waals surface area contributed by atoms with E-state index in [0.29, 0.717) is 16.5 Å². The molecule has 0 saturated heterocycles. The summed E-state index contributed by atoms with van der Waals surface area (Å²) in [7, 11) is -2.71. The molecular weight excluding hydrogens is 488 g/mol. The molecule has 3 aromatic carbocycles. The van der Waals surface area contributed by atoms with E-state index in [1.165, 1.54) is 38.3 Å². The summed E-state index contributed by atoms with van der Waals surface area (Å²) in [6, 6.07) is 14.4. The molecule has 0 heterocycles. The van der Waals surface area contributed by atoms with Crippen molar-refractivity contribution in [2.24, 2.45) is 5.92 Å². The van der Waals surface area contributed by atoms with E-state index in [9.17, 15) is 22.0 Å². The molecule has 10 heteroatoms. The lowest BCUT2D eigenvalue weighted by Gasteiger charge is -2.25. The molecule has 0 fully saturated rings. The van der Waals surface area contributed by atoms with Crippen molar-refractivity contribution in [2.75, 3.05) is 19.0 Å². The first-order valence-corrected chi connectivity index (χ1v) is 12.1. The van der Waals surface area contributed by atoms with Gasteiger partial charge in [-0.2, -0.15) is 0 Å². The van der Waals surface area contributed by atoms with Crippen LogP contribution in [0.1, 0.15) is 17.7 Å². The van der Waals surface area contributed by atoms with Crippen LogP contribution >= 0.6 is 11.6 Å². The van der Waals surface area contributed by atoms with Gasteiger partial charge in [0.05, 0.1) is 23.9 Å². The van der Waals surface area contributed by atoms with E-state index in [4.69, 9.17) is 21.1 Å². The Kier molecular flexibility index (Phi) is 8.11. The highest BCUT2D eigenvalue weighted by Gasteiger charge is 2.36. The maximum absolute atomic E-state index is 14.7. The number of rotatable bonds is 8. The van der Waals surface area contributed by atoms with Crippen LogP contribution in [0, 0.1) is 17.6 Å². The Bertz CT molecular complexity index is 1250. The number of amides is 1. The number of sulfone groups is 1. The number of carbonyl (C=O) groups excluding carboxylic acids is 1. The lowest BCUT2D eigenvalue weighted by Crippen LogP contribution is -2.27. The Morgan fingerprint density at radius 3 is 2.29 bits per heavy atom. The van der Waals surface area contributed by atoms with E-state index in [2.05, 4.69) is 5.32 Å². The first kappa shape index (κ1) is 25.5. The average molecular weight is 510 g/mol. The molecule has 0 saturated carbocycles. The zero-order valence-electron chi connectivity index (χ0n) is 18.3. The van der Waals surface area contributed by atoms with Gasteiger partial charge in [-0.1, -0.05) is 18.5 Å². The fraction of sp³-hybridized carbons (Fsp3) is 0.208. The first-order chi connectivity index (χ1) is 16.1. The van der Waals surface area contributed by atoms with Crippen molar-refractivity contribution in [3.63, 3.8) is 0 Å². The van der Waals surface area contributed by atoms with Crippen LogP contribution in [0.15, 0.2) is 71.6 Å². The van der Waals surface area contributed by atoms with Crippen LogP contribution in [0.3, 0.4) is 0 Å². The highest BCUT2D eigenvalue weighted by atomic mass is 35.5. The Hall–Kier alpha value is -3.17. The predicted molar refractivity (Wildman–Crippen MR) is 125 cm³/mol. The second-order valence-electron chi connectivity index (χ2n) is 7.51. The molecule has 0 spiro atoms. The number of ether oxygens (including phenoxy) is 2. The van der Waals surface area contributed by atoms with E-state index in [1.54, 1.807) is 24.3 Å². The minimum atomic E-state index is -4.21. The third kappa shape index (κ3) is 6.03. The topological polar surface area (TPSA) is 81.7 Å². The van der Waals surface area contributed by atoms with Gasteiger partial charge >= 0.3 is 6.09 Å². The van der Waals surface area contributed by atoms with Crippen molar-refractivity contribution in [1.82, 2.24) is 0 Å². The van der Waals surface area contributed by atoms with Crippen molar-refractivity contribution in [3.05, 3.63) is 89.0 Å². The summed E-state index contributed by atoms with van der Waals surface area (Å²) in [6.45, 7) is 1.10. The number of methoxy groups -OCH3 is 1. The monoisotopic (exact) mass is 509 g/mol. The molecule has 34 heavy (non-hydrogen) atoms. The average Bonchev–Trinajstić information content (AvgIpc) is 2.81. The Labute approximate surface area is 201 Å². The van der Waals surface area contributed by atoms with Crippen molar-refractivity contribution < 1.29 is 31.5 Å². The van der Waals surface area contributed by atoms with Crippen LogP contribution in [-0.2, 0) is 14.6 Å². The number of carbonyl (C=O) groups is 1. The van der Waals surface area contributed by atoms with Crippen molar-refractivity contribution in [1.29, 1.82) is 0 Å². The van der Waals surface area contributed by atoms with Gasteiger partial charge in [0.1, 0.15) is 17.4 Å². The van der Waals surface area contributed by atoms with Gasteiger partial charge in [0.2, 0.25) is 0 Å². The van der Waals surface area contributed by atoms with Crippen molar-refractivity contribution in [2.45, 2.75) is 17.1 Å². The van der Waals surface area contributed by atoms with E-state index in [0.717, 1.165) is 18.2 Å². The summed E-state index contributed by atoms with van der Waals surface area (Å²) >= 11 is 5.86. The molecule has 1 N–H and O–H groups in total. The fourth-order valence-electron chi connectivity index (χ4n) is 3.41. The number of halogens is 3. The third-order valence-electron chi connectivity index (χ3n) is 5.07. The summed E-state index contributed by atoms with van der Waals surface area (Å²) in [5.41, 5.74) is 0.0709.